The molecule has 0 radical (unpaired) electrons. The van der Waals surface area contributed by atoms with Crippen molar-refractivity contribution in [1.82, 2.24) is 0 Å². The Morgan fingerprint density at radius 3 is 2.23 bits per heavy atom. The molecule has 0 saturated carbocycles. The minimum atomic E-state index is -3.09. The average molecular weight is 485 g/mol. The van der Waals surface area contributed by atoms with Gasteiger partial charge in [0.25, 0.3) is 5.92 Å². The third kappa shape index (κ3) is 4.97. The molecule has 0 amide bonds. The lowest BCUT2D eigenvalue weighted by Crippen LogP contribution is -2.20. The Morgan fingerprint density at radius 2 is 1.77 bits per heavy atom. The van der Waals surface area contributed by atoms with E-state index in [1.807, 2.05) is 0 Å². The second-order valence-corrected chi connectivity index (χ2v) is 7.68. The number of rotatable bonds is 5. The molecule has 26 heavy (non-hydrogen) atoms. The Kier molecular flexibility index (Phi) is 6.72. The van der Waals surface area contributed by atoms with Crippen molar-refractivity contribution >= 4 is 62.8 Å². The molecule has 2 rings (SSSR count). The summed E-state index contributed by atoms with van der Waals surface area (Å²) in [6.45, 7) is 0.794. The molecule has 2 aromatic rings. The van der Waals surface area contributed by atoms with E-state index in [1.54, 1.807) is 0 Å². The normalized spacial score (nSPS) is 13.2. The van der Waals surface area contributed by atoms with E-state index in [0.717, 1.165) is 6.92 Å². The number of hydrogen-bond acceptors (Lipinski definition) is 1. The second kappa shape index (κ2) is 8.26. The van der Waals surface area contributed by atoms with E-state index in [0.29, 0.717) is 10.0 Å². The van der Waals surface area contributed by atoms with Crippen molar-refractivity contribution in [1.29, 1.82) is 0 Å². The van der Waals surface area contributed by atoms with Gasteiger partial charge in [-0.1, -0.05) is 53.0 Å². The van der Waals surface area contributed by atoms with Crippen LogP contribution in [-0.2, 0) is 0 Å². The zero-order chi connectivity index (χ0) is 19.6. The molecule has 0 aliphatic carbocycles. The van der Waals surface area contributed by atoms with Gasteiger partial charge in [0.1, 0.15) is 0 Å². The average Bonchev–Trinajstić information content (AvgIpc) is 2.51. The summed E-state index contributed by atoms with van der Waals surface area (Å²) in [5, 5.41) is 9.30. The zero-order valence-electron chi connectivity index (χ0n) is 13.2. The van der Waals surface area contributed by atoms with Crippen molar-refractivity contribution in [2.75, 3.05) is 0 Å². The minimum absolute atomic E-state index is 0.0794. The van der Waals surface area contributed by atoms with Crippen LogP contribution in [-0.4, -0.2) is 17.0 Å². The molecular formula is C18H12BrCl3F2O2. The van der Waals surface area contributed by atoms with Crippen molar-refractivity contribution in [3.63, 3.8) is 0 Å². The van der Waals surface area contributed by atoms with Gasteiger partial charge in [-0.15, -0.1) is 0 Å². The highest BCUT2D eigenvalue weighted by molar-refractivity contribution is 9.10. The van der Waals surface area contributed by atoms with Crippen LogP contribution in [0.2, 0.25) is 15.1 Å². The molecule has 1 unspecified atom stereocenters. The lowest BCUT2D eigenvalue weighted by molar-refractivity contribution is 0.00698. The summed E-state index contributed by atoms with van der Waals surface area (Å²) in [5.41, 5.74) is 0.854. The molecule has 0 aliphatic rings. The van der Waals surface area contributed by atoms with Crippen LogP contribution < -0.4 is 0 Å². The van der Waals surface area contributed by atoms with Crippen LogP contribution in [0.25, 0.3) is 6.08 Å². The molecule has 2 aromatic carbocycles. The maximum atomic E-state index is 14.1. The van der Waals surface area contributed by atoms with Crippen molar-refractivity contribution in [3.8, 4) is 0 Å². The number of halogens is 6. The predicted octanol–water partition coefficient (Wildman–Crippen LogP) is 7.56. The van der Waals surface area contributed by atoms with E-state index in [9.17, 15) is 13.6 Å². The van der Waals surface area contributed by atoms with Gasteiger partial charge in [0.2, 0.25) is 0 Å². The highest BCUT2D eigenvalue weighted by Crippen LogP contribution is 2.40. The first-order valence-corrected chi connectivity index (χ1v) is 9.16. The zero-order valence-corrected chi connectivity index (χ0v) is 17.1. The van der Waals surface area contributed by atoms with E-state index < -0.39 is 17.8 Å². The summed E-state index contributed by atoms with van der Waals surface area (Å²) in [5.74, 6) is -5.47. The lowest BCUT2D eigenvalue weighted by Gasteiger charge is -2.22. The summed E-state index contributed by atoms with van der Waals surface area (Å²) in [4.78, 5) is 11.0. The number of aromatic carboxylic acids is 1. The number of benzene rings is 2. The van der Waals surface area contributed by atoms with E-state index in [2.05, 4.69) is 15.9 Å². The SMILES string of the molecule is CC(F)(F)C(/C=C/c1ccc(C(=O)O)c(Br)c1)c1cc(Cl)c(Cl)c(Cl)c1. The summed E-state index contributed by atoms with van der Waals surface area (Å²) in [7, 11) is 0. The predicted molar refractivity (Wildman–Crippen MR) is 105 cm³/mol. The summed E-state index contributed by atoms with van der Waals surface area (Å²) in [6, 6.07) is 7.16. The Morgan fingerprint density at radius 1 is 1.19 bits per heavy atom. The number of carboxylic acid groups (broad SMARTS) is 1. The quantitative estimate of drug-likeness (QED) is 0.445. The third-order valence-electron chi connectivity index (χ3n) is 3.62. The van der Waals surface area contributed by atoms with Gasteiger partial charge in [-0.05, 0) is 51.3 Å². The van der Waals surface area contributed by atoms with Crippen LogP contribution in [0.3, 0.4) is 0 Å². The van der Waals surface area contributed by atoms with Gasteiger partial charge in [-0.3, -0.25) is 0 Å². The van der Waals surface area contributed by atoms with Gasteiger partial charge in [0, 0.05) is 11.4 Å². The fourth-order valence-corrected chi connectivity index (χ4v) is 3.52. The molecule has 0 aromatic heterocycles. The third-order valence-corrected chi connectivity index (χ3v) is 5.47. The molecule has 2 nitrogen and oxygen atoms in total. The molecule has 1 atom stereocenters. The first kappa shape index (κ1) is 21.2. The smallest absolute Gasteiger partial charge is 0.336 e. The van der Waals surface area contributed by atoms with Crippen LogP contribution in [0, 0.1) is 0 Å². The fraction of sp³-hybridized carbons (Fsp3) is 0.167. The number of allylic oxidation sites excluding steroid dienone is 1. The summed E-state index contributed by atoms with van der Waals surface area (Å²) >= 11 is 20.9. The minimum Gasteiger partial charge on any atom is -0.478 e. The van der Waals surface area contributed by atoms with Crippen LogP contribution >= 0.6 is 50.7 Å². The lowest BCUT2D eigenvalue weighted by atomic mass is 9.92. The molecule has 138 valence electrons. The molecule has 1 N–H and O–H groups in total. The van der Waals surface area contributed by atoms with Crippen molar-refractivity contribution in [3.05, 3.63) is 72.6 Å². The second-order valence-electron chi connectivity index (χ2n) is 5.64. The molecule has 0 saturated heterocycles. The number of carboxylic acids is 1. The highest BCUT2D eigenvalue weighted by atomic mass is 79.9. The summed E-state index contributed by atoms with van der Waals surface area (Å²) in [6.07, 6.45) is 2.80. The highest BCUT2D eigenvalue weighted by Gasteiger charge is 2.34. The summed E-state index contributed by atoms with van der Waals surface area (Å²) < 4.78 is 28.6. The Labute approximate surface area is 172 Å². The maximum absolute atomic E-state index is 14.1. The Hall–Kier alpha value is -1.14. The Bertz CT molecular complexity index is 856. The van der Waals surface area contributed by atoms with Crippen molar-refractivity contribution in [2.24, 2.45) is 0 Å². The molecule has 0 spiro atoms. The monoisotopic (exact) mass is 482 g/mol. The first-order chi connectivity index (χ1) is 12.0. The van der Waals surface area contributed by atoms with Gasteiger partial charge in [0.05, 0.1) is 26.5 Å². The van der Waals surface area contributed by atoms with Crippen molar-refractivity contribution in [2.45, 2.75) is 18.8 Å². The molecular weight excluding hydrogens is 472 g/mol. The topological polar surface area (TPSA) is 37.3 Å². The molecule has 0 heterocycles. The molecule has 0 aliphatic heterocycles. The van der Waals surface area contributed by atoms with Crippen LogP contribution in [0.4, 0.5) is 8.78 Å². The molecule has 0 bridgehead atoms. The molecule has 0 fully saturated rings. The number of hydrogen-bond donors (Lipinski definition) is 1. The van der Waals surface area contributed by atoms with Gasteiger partial charge in [0.15, 0.2) is 0 Å². The van der Waals surface area contributed by atoms with Crippen LogP contribution in [0.1, 0.15) is 34.3 Å². The maximum Gasteiger partial charge on any atom is 0.336 e. The van der Waals surface area contributed by atoms with E-state index in [1.165, 1.54) is 42.5 Å². The van der Waals surface area contributed by atoms with Crippen LogP contribution in [0.15, 0.2) is 40.9 Å². The largest absolute Gasteiger partial charge is 0.478 e. The standard InChI is InChI=1S/C18H12BrCl3F2O2/c1-18(23,24)12(10-7-14(20)16(22)15(21)8-10)5-3-9-2-4-11(17(25)26)13(19)6-9/h2-8,12H,1H3,(H,25,26)/b5-3+. The van der Waals surface area contributed by atoms with Gasteiger partial charge in [-0.2, -0.15) is 0 Å². The molecule has 8 heteroatoms. The van der Waals surface area contributed by atoms with E-state index in [4.69, 9.17) is 39.9 Å². The van der Waals surface area contributed by atoms with Gasteiger partial charge >= 0.3 is 5.97 Å². The number of alkyl halides is 2. The van der Waals surface area contributed by atoms with E-state index in [-0.39, 0.29) is 26.2 Å². The van der Waals surface area contributed by atoms with E-state index >= 15 is 0 Å². The van der Waals surface area contributed by atoms with Gasteiger partial charge < -0.3 is 5.11 Å². The first-order valence-electron chi connectivity index (χ1n) is 7.24. The fourth-order valence-electron chi connectivity index (χ4n) is 2.34. The Balaban J connectivity index is 2.42. The van der Waals surface area contributed by atoms with Gasteiger partial charge in [-0.25, -0.2) is 13.6 Å². The van der Waals surface area contributed by atoms with Crippen LogP contribution in [0.5, 0.6) is 0 Å². The number of carbonyl (C=O) groups is 1. The van der Waals surface area contributed by atoms with Crippen molar-refractivity contribution < 1.29 is 18.7 Å².